The molecular weight excluding hydrogens is 410 g/mol. The SMILES string of the molecule is CC.COC1=NCC=C(c2ccc(OC(C)[C@@H](O)[C@@H](O)[C@H](C)[C@@H](CO)OC)c(C)c2)C=C1. The summed E-state index contributed by atoms with van der Waals surface area (Å²) in [5.74, 6) is 0.755. The lowest BCUT2D eigenvalue weighted by Gasteiger charge is -2.32. The van der Waals surface area contributed by atoms with Crippen molar-refractivity contribution in [3.05, 3.63) is 47.6 Å². The van der Waals surface area contributed by atoms with E-state index in [1.54, 1.807) is 21.0 Å². The first kappa shape index (κ1) is 27.8. The van der Waals surface area contributed by atoms with Crippen LogP contribution in [0.1, 0.15) is 38.8 Å². The van der Waals surface area contributed by atoms with Crippen LogP contribution in [0, 0.1) is 12.8 Å². The maximum atomic E-state index is 10.5. The van der Waals surface area contributed by atoms with Gasteiger partial charge in [-0.1, -0.05) is 32.9 Å². The van der Waals surface area contributed by atoms with Crippen molar-refractivity contribution in [3.8, 4) is 5.75 Å². The molecule has 0 saturated carbocycles. The fourth-order valence-corrected chi connectivity index (χ4v) is 3.36. The number of aliphatic hydroxyl groups excluding tert-OH is 3. The van der Waals surface area contributed by atoms with Crippen LogP contribution in [0.3, 0.4) is 0 Å². The number of methoxy groups -OCH3 is 2. The second kappa shape index (κ2) is 14.1. The molecule has 0 fully saturated rings. The van der Waals surface area contributed by atoms with Gasteiger partial charge in [-0.15, -0.1) is 0 Å². The van der Waals surface area contributed by atoms with Gasteiger partial charge in [-0.25, -0.2) is 4.99 Å². The van der Waals surface area contributed by atoms with Gasteiger partial charge in [0.2, 0.25) is 5.90 Å². The predicted molar refractivity (Wildman–Crippen MR) is 128 cm³/mol. The van der Waals surface area contributed by atoms with E-state index in [1.807, 2.05) is 57.2 Å². The lowest BCUT2D eigenvalue weighted by atomic mass is 9.92. The smallest absolute Gasteiger partial charge is 0.208 e. The zero-order valence-corrected chi connectivity index (χ0v) is 20.3. The van der Waals surface area contributed by atoms with Crippen molar-refractivity contribution in [1.29, 1.82) is 0 Å². The van der Waals surface area contributed by atoms with Crippen LogP contribution in [0.25, 0.3) is 5.57 Å². The van der Waals surface area contributed by atoms with Crippen LogP contribution in [-0.4, -0.2) is 73.0 Å². The van der Waals surface area contributed by atoms with Gasteiger partial charge in [-0.05, 0) is 48.8 Å². The molecule has 0 spiro atoms. The molecule has 32 heavy (non-hydrogen) atoms. The van der Waals surface area contributed by atoms with Gasteiger partial charge >= 0.3 is 0 Å². The average Bonchev–Trinajstić information content (AvgIpc) is 3.07. The van der Waals surface area contributed by atoms with Crippen molar-refractivity contribution in [2.24, 2.45) is 10.9 Å². The van der Waals surface area contributed by atoms with E-state index < -0.39 is 30.3 Å². The fourth-order valence-electron chi connectivity index (χ4n) is 3.36. The molecule has 3 N–H and O–H groups in total. The molecule has 0 aromatic heterocycles. The number of hydrogen-bond donors (Lipinski definition) is 3. The summed E-state index contributed by atoms with van der Waals surface area (Å²) in [5.41, 5.74) is 2.97. The van der Waals surface area contributed by atoms with Crippen LogP contribution in [0.2, 0.25) is 0 Å². The van der Waals surface area contributed by atoms with Crippen LogP contribution < -0.4 is 4.74 Å². The summed E-state index contributed by atoms with van der Waals surface area (Å²) in [5, 5.41) is 30.3. The molecule has 0 radical (unpaired) electrons. The van der Waals surface area contributed by atoms with E-state index in [1.165, 1.54) is 7.11 Å². The standard InChI is InChI=1S/C23H33NO6.C2H6/c1-14-12-18(17-7-9-21(29-5)24-11-10-17)6-8-19(14)30-16(3)23(27)22(26)15(2)20(13-25)28-4;1-2/h6-10,12,15-16,20,22-23,25-27H,11,13H2,1-5H3;1-2H3/t15-,16?,20-,22+,23-;/m1./s1. The molecule has 1 aromatic rings. The summed E-state index contributed by atoms with van der Waals surface area (Å²) >= 11 is 0. The van der Waals surface area contributed by atoms with Gasteiger partial charge in [0.05, 0.1) is 32.5 Å². The second-order valence-corrected chi connectivity index (χ2v) is 7.48. The molecule has 7 nitrogen and oxygen atoms in total. The van der Waals surface area contributed by atoms with Crippen molar-refractivity contribution in [1.82, 2.24) is 0 Å². The molecule has 2 rings (SSSR count). The number of allylic oxidation sites excluding steroid dienone is 2. The minimum atomic E-state index is -1.14. The highest BCUT2D eigenvalue weighted by atomic mass is 16.5. The summed E-state index contributed by atoms with van der Waals surface area (Å²) in [6, 6.07) is 5.81. The van der Waals surface area contributed by atoms with E-state index in [0.717, 1.165) is 16.7 Å². The van der Waals surface area contributed by atoms with Crippen molar-refractivity contribution >= 4 is 11.5 Å². The Labute approximate surface area is 192 Å². The molecule has 1 aliphatic rings. The molecule has 0 amide bonds. The summed E-state index contributed by atoms with van der Waals surface area (Å²) < 4.78 is 16.3. The Morgan fingerprint density at radius 1 is 1.06 bits per heavy atom. The third-order valence-corrected chi connectivity index (χ3v) is 5.43. The summed E-state index contributed by atoms with van der Waals surface area (Å²) in [4.78, 5) is 4.30. The minimum absolute atomic E-state index is 0.238. The number of rotatable bonds is 9. The van der Waals surface area contributed by atoms with Gasteiger partial charge in [0.25, 0.3) is 0 Å². The highest BCUT2D eigenvalue weighted by molar-refractivity contribution is 5.92. The number of aliphatic imine (C=N–C) groups is 1. The molecule has 0 saturated heterocycles. The first-order chi connectivity index (χ1) is 15.3. The Hall–Kier alpha value is -2.19. The van der Waals surface area contributed by atoms with Crippen LogP contribution >= 0.6 is 0 Å². The maximum absolute atomic E-state index is 10.5. The Bertz CT molecular complexity index is 785. The van der Waals surface area contributed by atoms with Crippen LogP contribution in [0.5, 0.6) is 5.75 Å². The van der Waals surface area contributed by atoms with Gasteiger partial charge in [0.15, 0.2) is 0 Å². The topological polar surface area (TPSA) is 101 Å². The molecule has 1 unspecified atom stereocenters. The summed E-state index contributed by atoms with van der Waals surface area (Å²) in [6.07, 6.45) is 2.36. The lowest BCUT2D eigenvalue weighted by molar-refractivity contribution is -0.102. The van der Waals surface area contributed by atoms with Crippen molar-refractivity contribution < 1.29 is 29.5 Å². The van der Waals surface area contributed by atoms with Crippen LogP contribution in [-0.2, 0) is 9.47 Å². The number of benzene rings is 1. The van der Waals surface area contributed by atoms with Gasteiger partial charge in [0.1, 0.15) is 18.0 Å². The Morgan fingerprint density at radius 2 is 1.75 bits per heavy atom. The van der Waals surface area contributed by atoms with Crippen molar-refractivity contribution in [2.75, 3.05) is 27.4 Å². The largest absolute Gasteiger partial charge is 0.488 e. The number of nitrogens with zero attached hydrogens (tertiary/aromatic N) is 1. The third kappa shape index (κ3) is 7.45. The van der Waals surface area contributed by atoms with Gasteiger partial charge in [-0.2, -0.15) is 0 Å². The van der Waals surface area contributed by atoms with E-state index in [4.69, 9.17) is 14.2 Å². The van der Waals surface area contributed by atoms with Crippen molar-refractivity contribution in [3.63, 3.8) is 0 Å². The second-order valence-electron chi connectivity index (χ2n) is 7.48. The van der Waals surface area contributed by atoms with Crippen LogP contribution in [0.4, 0.5) is 0 Å². The van der Waals surface area contributed by atoms with E-state index in [-0.39, 0.29) is 6.61 Å². The van der Waals surface area contributed by atoms with E-state index in [2.05, 4.69) is 4.99 Å². The number of aliphatic hydroxyl groups is 3. The average molecular weight is 450 g/mol. The van der Waals surface area contributed by atoms with Gasteiger partial charge in [-0.3, -0.25) is 0 Å². The molecule has 5 atom stereocenters. The quantitative estimate of drug-likeness (QED) is 0.535. The summed E-state index contributed by atoms with van der Waals surface area (Å²) in [6.45, 7) is 9.66. The molecule has 0 aliphatic carbocycles. The van der Waals surface area contributed by atoms with Gasteiger partial charge < -0.3 is 29.5 Å². The lowest BCUT2D eigenvalue weighted by Crippen LogP contribution is -2.46. The van der Waals surface area contributed by atoms with Crippen molar-refractivity contribution in [2.45, 2.75) is 59.0 Å². The van der Waals surface area contributed by atoms with Gasteiger partial charge in [0, 0.05) is 19.1 Å². The zero-order valence-electron chi connectivity index (χ0n) is 20.3. The molecule has 180 valence electrons. The first-order valence-corrected chi connectivity index (χ1v) is 11.1. The Kier molecular flexibility index (Phi) is 12.2. The highest BCUT2D eigenvalue weighted by Crippen LogP contribution is 2.27. The minimum Gasteiger partial charge on any atom is -0.488 e. The van der Waals surface area contributed by atoms with E-state index >= 15 is 0 Å². The first-order valence-electron chi connectivity index (χ1n) is 11.1. The third-order valence-electron chi connectivity index (χ3n) is 5.43. The monoisotopic (exact) mass is 449 g/mol. The molecule has 0 bridgehead atoms. The predicted octanol–water partition coefficient (Wildman–Crippen LogP) is 3.15. The number of aryl methyl sites for hydroxylation is 1. The fraction of sp³-hybridized carbons (Fsp3) is 0.560. The molecule has 1 aliphatic heterocycles. The number of hydrogen-bond acceptors (Lipinski definition) is 7. The van der Waals surface area contributed by atoms with E-state index in [9.17, 15) is 15.3 Å². The zero-order chi connectivity index (χ0) is 24.3. The van der Waals surface area contributed by atoms with E-state index in [0.29, 0.717) is 18.2 Å². The number of ether oxygens (including phenoxy) is 3. The molecule has 1 heterocycles. The normalized spacial score (nSPS) is 18.1. The Balaban J connectivity index is 0.00000249. The summed E-state index contributed by atoms with van der Waals surface area (Å²) in [7, 11) is 3.05. The Morgan fingerprint density at radius 3 is 2.31 bits per heavy atom. The molecule has 7 heteroatoms. The maximum Gasteiger partial charge on any atom is 0.208 e. The molecule has 1 aromatic carbocycles. The highest BCUT2D eigenvalue weighted by Gasteiger charge is 2.33. The van der Waals surface area contributed by atoms with Crippen LogP contribution in [0.15, 0.2) is 41.4 Å². The molecular formula is C25H39NO6.